The smallest absolute Gasteiger partial charge is 0.241 e. The zero-order chi connectivity index (χ0) is 21.2. The second-order valence-electron chi connectivity index (χ2n) is 8.08. The van der Waals surface area contributed by atoms with Gasteiger partial charge in [0.2, 0.25) is 15.9 Å². The minimum atomic E-state index is -3.59. The van der Waals surface area contributed by atoms with Gasteiger partial charge in [-0.15, -0.1) is 0 Å². The van der Waals surface area contributed by atoms with Crippen LogP contribution in [0, 0.1) is 13.8 Å². The lowest BCUT2D eigenvalue weighted by Gasteiger charge is -2.25. The van der Waals surface area contributed by atoms with E-state index >= 15 is 0 Å². The highest BCUT2D eigenvalue weighted by atomic mass is 32.2. The van der Waals surface area contributed by atoms with Crippen molar-refractivity contribution >= 4 is 21.6 Å². The molecule has 1 aliphatic rings. The number of benzene rings is 2. The van der Waals surface area contributed by atoms with Gasteiger partial charge >= 0.3 is 0 Å². The normalized spacial score (nSPS) is 14.8. The fourth-order valence-corrected chi connectivity index (χ4v) is 4.80. The van der Waals surface area contributed by atoms with E-state index in [4.69, 9.17) is 0 Å². The number of carbonyl (C=O) groups excluding carboxylic acids is 1. The van der Waals surface area contributed by atoms with Crippen molar-refractivity contribution in [3.8, 4) is 0 Å². The molecule has 2 aromatic rings. The molecule has 3 rings (SSSR count). The zero-order valence-corrected chi connectivity index (χ0v) is 18.5. The Morgan fingerprint density at radius 2 is 1.76 bits per heavy atom. The van der Waals surface area contributed by atoms with Crippen LogP contribution in [0.15, 0.2) is 36.4 Å². The summed E-state index contributed by atoms with van der Waals surface area (Å²) in [7, 11) is -3.59. The van der Waals surface area contributed by atoms with Gasteiger partial charge in [0.05, 0.1) is 18.0 Å². The molecule has 156 valence electrons. The molecule has 6 heteroatoms. The number of nitrogens with one attached hydrogen (secondary N) is 1. The Balaban J connectivity index is 1.76. The molecule has 2 aromatic carbocycles. The molecule has 0 aromatic heterocycles. The largest absolute Gasteiger partial charge is 0.348 e. The number of sulfonamides is 1. The van der Waals surface area contributed by atoms with Gasteiger partial charge in [0, 0.05) is 0 Å². The van der Waals surface area contributed by atoms with Gasteiger partial charge in [0.15, 0.2) is 0 Å². The monoisotopic (exact) mass is 414 g/mol. The molecule has 5 nitrogen and oxygen atoms in total. The Hall–Kier alpha value is -2.34. The summed E-state index contributed by atoms with van der Waals surface area (Å²) in [5, 5.41) is 2.96. The first-order chi connectivity index (χ1) is 13.6. The molecular weight excluding hydrogens is 384 g/mol. The third-order valence-corrected chi connectivity index (χ3v) is 6.70. The number of rotatable bonds is 6. The lowest BCUT2D eigenvalue weighted by atomic mass is 9.89. The van der Waals surface area contributed by atoms with E-state index in [1.165, 1.54) is 28.3 Å². The van der Waals surface area contributed by atoms with Gasteiger partial charge in [0.25, 0.3) is 0 Å². The van der Waals surface area contributed by atoms with Crippen molar-refractivity contribution in [2.24, 2.45) is 0 Å². The molecule has 0 spiro atoms. The van der Waals surface area contributed by atoms with Crippen LogP contribution in [0.3, 0.4) is 0 Å². The van der Waals surface area contributed by atoms with Crippen LogP contribution < -0.4 is 9.62 Å². The average molecular weight is 415 g/mol. The molecular formula is C23H30N2O3S. The fraction of sp³-hybridized carbons (Fsp3) is 0.435. The number of nitrogens with zero attached hydrogens (tertiary/aromatic N) is 1. The van der Waals surface area contributed by atoms with Gasteiger partial charge < -0.3 is 5.32 Å². The van der Waals surface area contributed by atoms with Crippen molar-refractivity contribution < 1.29 is 13.2 Å². The Morgan fingerprint density at radius 3 is 2.45 bits per heavy atom. The number of hydrogen-bond acceptors (Lipinski definition) is 3. The third-order valence-electron chi connectivity index (χ3n) is 5.57. The number of aryl methyl sites for hydroxylation is 4. The first-order valence-electron chi connectivity index (χ1n) is 10.1. The van der Waals surface area contributed by atoms with E-state index in [0.29, 0.717) is 5.69 Å². The van der Waals surface area contributed by atoms with Gasteiger partial charge in [-0.05, 0) is 80.3 Å². The molecule has 1 amide bonds. The third kappa shape index (κ3) is 5.18. The van der Waals surface area contributed by atoms with E-state index in [2.05, 4.69) is 23.5 Å². The van der Waals surface area contributed by atoms with Crippen molar-refractivity contribution in [2.45, 2.75) is 52.5 Å². The highest BCUT2D eigenvalue weighted by Gasteiger charge is 2.23. The van der Waals surface area contributed by atoms with Crippen LogP contribution in [-0.2, 0) is 27.7 Å². The predicted octanol–water partition coefficient (Wildman–Crippen LogP) is 3.83. The number of amides is 1. The Bertz CT molecular complexity index is 1010. The standard InChI is InChI=1S/C23H30N2O3S/c1-16-9-10-17(2)22(13-16)25(29(4,27)28)15-23(26)24-18(3)20-12-11-19-7-5-6-8-21(19)14-20/h9-14,18H,5-8,15H2,1-4H3,(H,24,26)/t18-/m1/s1. The molecule has 1 aliphatic carbocycles. The molecule has 1 atom stereocenters. The number of fused-ring (bicyclic) bond motifs is 1. The summed E-state index contributed by atoms with van der Waals surface area (Å²) in [5.41, 5.74) is 6.12. The highest BCUT2D eigenvalue weighted by Crippen LogP contribution is 2.26. The topological polar surface area (TPSA) is 66.5 Å². The Morgan fingerprint density at radius 1 is 1.07 bits per heavy atom. The summed E-state index contributed by atoms with van der Waals surface area (Å²) in [4.78, 5) is 12.7. The Kier molecular flexibility index (Phi) is 6.32. The lowest BCUT2D eigenvalue weighted by Crippen LogP contribution is -2.41. The molecule has 29 heavy (non-hydrogen) atoms. The Labute approximate surface area is 174 Å². The SMILES string of the molecule is Cc1ccc(C)c(N(CC(=O)N[C@H](C)c2ccc3c(c2)CCCC3)S(C)(=O)=O)c1. The molecule has 0 radical (unpaired) electrons. The van der Waals surface area contributed by atoms with Crippen LogP contribution in [0.2, 0.25) is 0 Å². The van der Waals surface area contributed by atoms with Gasteiger partial charge in [-0.1, -0.05) is 30.3 Å². The molecule has 0 saturated carbocycles. The minimum absolute atomic E-state index is 0.185. The number of hydrogen-bond donors (Lipinski definition) is 1. The second-order valence-corrected chi connectivity index (χ2v) is 9.99. The maximum atomic E-state index is 12.7. The zero-order valence-electron chi connectivity index (χ0n) is 17.7. The van der Waals surface area contributed by atoms with E-state index in [-0.39, 0.29) is 18.5 Å². The average Bonchev–Trinajstić information content (AvgIpc) is 2.67. The molecule has 0 heterocycles. The molecule has 0 aliphatic heterocycles. The molecule has 0 saturated heterocycles. The molecule has 0 fully saturated rings. The lowest BCUT2D eigenvalue weighted by molar-refractivity contribution is -0.120. The highest BCUT2D eigenvalue weighted by molar-refractivity contribution is 7.92. The van der Waals surface area contributed by atoms with Crippen molar-refractivity contribution in [3.63, 3.8) is 0 Å². The van der Waals surface area contributed by atoms with Gasteiger partial charge in [-0.3, -0.25) is 9.10 Å². The second kappa shape index (κ2) is 8.57. The summed E-state index contributed by atoms with van der Waals surface area (Å²) >= 11 is 0. The van der Waals surface area contributed by atoms with Gasteiger partial charge in [-0.25, -0.2) is 8.42 Å². The minimum Gasteiger partial charge on any atom is -0.348 e. The fourth-order valence-electron chi connectivity index (χ4n) is 3.89. The summed E-state index contributed by atoms with van der Waals surface area (Å²) in [6.45, 7) is 5.45. The van der Waals surface area contributed by atoms with Crippen LogP contribution in [0.5, 0.6) is 0 Å². The van der Waals surface area contributed by atoms with E-state index in [1.54, 1.807) is 6.07 Å². The maximum Gasteiger partial charge on any atom is 0.241 e. The van der Waals surface area contributed by atoms with Crippen LogP contribution in [-0.4, -0.2) is 27.1 Å². The number of carbonyl (C=O) groups is 1. The van der Waals surface area contributed by atoms with Crippen molar-refractivity contribution in [1.29, 1.82) is 0 Å². The quantitative estimate of drug-likeness (QED) is 0.781. The van der Waals surface area contributed by atoms with Crippen molar-refractivity contribution in [2.75, 3.05) is 17.1 Å². The van der Waals surface area contributed by atoms with Crippen LogP contribution in [0.4, 0.5) is 5.69 Å². The van der Waals surface area contributed by atoms with Crippen molar-refractivity contribution in [1.82, 2.24) is 5.32 Å². The first-order valence-corrected chi connectivity index (χ1v) is 12.0. The summed E-state index contributed by atoms with van der Waals surface area (Å²) in [6.07, 6.45) is 5.78. The van der Waals surface area contributed by atoms with Crippen LogP contribution in [0.1, 0.15) is 53.6 Å². The predicted molar refractivity (Wildman–Crippen MR) is 118 cm³/mol. The van der Waals surface area contributed by atoms with E-state index in [1.807, 2.05) is 32.9 Å². The number of anilines is 1. The maximum absolute atomic E-state index is 12.7. The summed E-state index contributed by atoms with van der Waals surface area (Å²) < 4.78 is 26.0. The van der Waals surface area contributed by atoms with Gasteiger partial charge in [0.1, 0.15) is 6.54 Å². The molecule has 1 N–H and O–H groups in total. The van der Waals surface area contributed by atoms with Crippen LogP contribution in [0.25, 0.3) is 0 Å². The molecule has 0 bridgehead atoms. The first kappa shape index (κ1) is 21.4. The van der Waals surface area contributed by atoms with E-state index in [9.17, 15) is 13.2 Å². The van der Waals surface area contributed by atoms with Crippen molar-refractivity contribution in [3.05, 3.63) is 64.2 Å². The molecule has 0 unspecified atom stereocenters. The summed E-state index contributed by atoms with van der Waals surface area (Å²) in [6, 6.07) is 11.8. The van der Waals surface area contributed by atoms with E-state index in [0.717, 1.165) is 35.8 Å². The van der Waals surface area contributed by atoms with Gasteiger partial charge in [-0.2, -0.15) is 0 Å². The van der Waals surface area contributed by atoms with E-state index < -0.39 is 10.0 Å². The summed E-state index contributed by atoms with van der Waals surface area (Å²) in [5.74, 6) is -0.318. The van der Waals surface area contributed by atoms with Crippen LogP contribution >= 0.6 is 0 Å².